The Labute approximate surface area is 171 Å². The van der Waals surface area contributed by atoms with Crippen molar-refractivity contribution in [3.05, 3.63) is 60.4 Å². The maximum atomic E-state index is 12.6. The highest BCUT2D eigenvalue weighted by Crippen LogP contribution is 2.26. The smallest absolute Gasteiger partial charge is 0.246 e. The molecule has 29 heavy (non-hydrogen) atoms. The van der Waals surface area contributed by atoms with Crippen LogP contribution in [0.15, 0.2) is 54.6 Å². The molecule has 0 aliphatic heterocycles. The Hall–Kier alpha value is -3.11. The highest BCUT2D eigenvalue weighted by Gasteiger charge is 2.18. The lowest BCUT2D eigenvalue weighted by Crippen LogP contribution is -2.21. The quantitative estimate of drug-likeness (QED) is 0.507. The van der Waals surface area contributed by atoms with Crippen LogP contribution in [0.4, 0.5) is 5.13 Å². The van der Waals surface area contributed by atoms with Gasteiger partial charge in [0.15, 0.2) is 9.84 Å². The minimum absolute atomic E-state index is 0.0778. The van der Waals surface area contributed by atoms with Crippen LogP contribution >= 0.6 is 11.3 Å². The molecule has 0 unspecified atom stereocenters. The number of hydrogen-bond acceptors (Lipinski definition) is 7. The van der Waals surface area contributed by atoms with E-state index in [1.54, 1.807) is 16.7 Å². The van der Waals surface area contributed by atoms with Crippen LogP contribution in [-0.4, -0.2) is 40.3 Å². The molecule has 4 rings (SSSR count). The summed E-state index contributed by atoms with van der Waals surface area (Å²) in [5, 5.41) is 11.9. The van der Waals surface area contributed by atoms with Gasteiger partial charge in [0.05, 0.1) is 11.0 Å². The second-order valence-corrected chi connectivity index (χ2v) is 9.62. The topological polar surface area (TPSA) is 107 Å². The molecule has 0 fully saturated rings. The lowest BCUT2D eigenvalue weighted by atomic mass is 10.2. The van der Waals surface area contributed by atoms with E-state index in [2.05, 4.69) is 20.5 Å². The zero-order valence-corrected chi connectivity index (χ0v) is 17.1. The number of carbonyl (C=O) groups is 1. The molecule has 148 valence electrons. The molecule has 4 aromatic rings. The van der Waals surface area contributed by atoms with Crippen LogP contribution in [0.1, 0.15) is 5.82 Å². The first kappa shape index (κ1) is 19.2. The van der Waals surface area contributed by atoms with Crippen molar-refractivity contribution < 1.29 is 13.2 Å². The standard InChI is InChI=1S/C19H17N5O3S2/c1-29(26,27)12-16-20-14-9-5-6-10-15(14)24(16)11-17(25)21-19-23-22-18(28-19)13-7-3-2-4-8-13/h2-10H,11-12H2,1H3,(H,21,23,25). The summed E-state index contributed by atoms with van der Waals surface area (Å²) in [4.78, 5) is 17.0. The number of aromatic nitrogens is 4. The average Bonchev–Trinajstić information content (AvgIpc) is 3.26. The van der Waals surface area contributed by atoms with Gasteiger partial charge in [0.1, 0.15) is 23.1 Å². The van der Waals surface area contributed by atoms with Gasteiger partial charge in [0.2, 0.25) is 11.0 Å². The predicted octanol–water partition coefficient (Wildman–Crippen LogP) is 2.74. The van der Waals surface area contributed by atoms with Crippen LogP contribution in [0.5, 0.6) is 0 Å². The zero-order valence-electron chi connectivity index (χ0n) is 15.4. The minimum Gasteiger partial charge on any atom is -0.318 e. The van der Waals surface area contributed by atoms with Gasteiger partial charge < -0.3 is 4.57 Å². The zero-order chi connectivity index (χ0) is 20.4. The first-order chi connectivity index (χ1) is 13.9. The van der Waals surface area contributed by atoms with Gasteiger partial charge in [-0.1, -0.05) is 53.8 Å². The van der Waals surface area contributed by atoms with E-state index in [1.807, 2.05) is 42.5 Å². The van der Waals surface area contributed by atoms with Gasteiger partial charge in [0, 0.05) is 11.8 Å². The summed E-state index contributed by atoms with van der Waals surface area (Å²) < 4.78 is 25.2. The molecule has 2 aromatic heterocycles. The van der Waals surface area contributed by atoms with Gasteiger partial charge in [-0.3, -0.25) is 10.1 Å². The van der Waals surface area contributed by atoms with E-state index in [9.17, 15) is 13.2 Å². The van der Waals surface area contributed by atoms with Crippen molar-refractivity contribution >= 4 is 43.2 Å². The monoisotopic (exact) mass is 427 g/mol. The number of rotatable bonds is 6. The SMILES string of the molecule is CS(=O)(=O)Cc1nc2ccccc2n1CC(=O)Nc1nnc(-c2ccccc2)s1. The lowest BCUT2D eigenvalue weighted by molar-refractivity contribution is -0.116. The number of amides is 1. The van der Waals surface area contributed by atoms with Gasteiger partial charge in [-0.25, -0.2) is 13.4 Å². The molecule has 0 saturated heterocycles. The average molecular weight is 428 g/mol. The first-order valence-corrected chi connectivity index (χ1v) is 11.6. The fourth-order valence-electron chi connectivity index (χ4n) is 2.92. The molecule has 0 aliphatic carbocycles. The third-order valence-electron chi connectivity index (χ3n) is 4.12. The maximum Gasteiger partial charge on any atom is 0.246 e. The number of nitrogens with zero attached hydrogens (tertiary/aromatic N) is 4. The van der Waals surface area contributed by atoms with Crippen LogP contribution in [0.3, 0.4) is 0 Å². The molecule has 0 bridgehead atoms. The van der Waals surface area contributed by atoms with E-state index in [0.29, 0.717) is 27.0 Å². The number of benzene rings is 2. The van der Waals surface area contributed by atoms with E-state index < -0.39 is 9.84 Å². The summed E-state index contributed by atoms with van der Waals surface area (Å²) in [5.74, 6) is -0.254. The van der Waals surface area contributed by atoms with E-state index >= 15 is 0 Å². The summed E-state index contributed by atoms with van der Waals surface area (Å²) in [5.41, 5.74) is 2.26. The molecular formula is C19H17N5O3S2. The molecule has 1 amide bonds. The molecule has 0 spiro atoms. The molecule has 0 saturated carbocycles. The maximum absolute atomic E-state index is 12.6. The minimum atomic E-state index is -3.30. The van der Waals surface area contributed by atoms with E-state index in [1.165, 1.54) is 11.3 Å². The van der Waals surface area contributed by atoms with Gasteiger partial charge in [-0.15, -0.1) is 10.2 Å². The highest BCUT2D eigenvalue weighted by atomic mass is 32.2. The van der Waals surface area contributed by atoms with Crippen LogP contribution in [0, 0.1) is 0 Å². The van der Waals surface area contributed by atoms with Crippen molar-refractivity contribution in [3.8, 4) is 10.6 Å². The van der Waals surface area contributed by atoms with Crippen LogP contribution in [-0.2, 0) is 26.9 Å². The fourth-order valence-corrected chi connectivity index (χ4v) is 4.37. The summed E-state index contributed by atoms with van der Waals surface area (Å²) >= 11 is 1.27. The molecule has 2 heterocycles. The summed E-state index contributed by atoms with van der Waals surface area (Å²) in [6.07, 6.45) is 1.14. The number of imidazole rings is 1. The number of anilines is 1. The van der Waals surface area contributed by atoms with Gasteiger partial charge in [0.25, 0.3) is 0 Å². The Morgan fingerprint density at radius 2 is 1.79 bits per heavy atom. The van der Waals surface area contributed by atoms with Gasteiger partial charge in [-0.2, -0.15) is 0 Å². The van der Waals surface area contributed by atoms with Gasteiger partial charge >= 0.3 is 0 Å². The van der Waals surface area contributed by atoms with Crippen molar-refractivity contribution in [1.29, 1.82) is 0 Å². The van der Waals surface area contributed by atoms with Crippen LogP contribution in [0.2, 0.25) is 0 Å². The Morgan fingerprint density at radius 1 is 1.07 bits per heavy atom. The summed E-state index contributed by atoms with van der Waals surface area (Å²) in [6, 6.07) is 16.8. The Morgan fingerprint density at radius 3 is 2.55 bits per heavy atom. The summed E-state index contributed by atoms with van der Waals surface area (Å²) in [6.45, 7) is -0.0778. The van der Waals surface area contributed by atoms with Crippen LogP contribution < -0.4 is 5.32 Å². The number of sulfone groups is 1. The van der Waals surface area contributed by atoms with Crippen molar-refractivity contribution in [2.45, 2.75) is 12.3 Å². The molecule has 0 atom stereocenters. The Balaban J connectivity index is 1.56. The van der Waals surface area contributed by atoms with E-state index in [4.69, 9.17) is 0 Å². The molecule has 10 heteroatoms. The molecule has 2 aromatic carbocycles. The Bertz CT molecular complexity index is 1280. The molecular weight excluding hydrogens is 410 g/mol. The second kappa shape index (κ2) is 7.72. The number of fused-ring (bicyclic) bond motifs is 1. The second-order valence-electron chi connectivity index (χ2n) is 6.50. The number of hydrogen-bond donors (Lipinski definition) is 1. The normalized spacial score (nSPS) is 11.6. The Kier molecular flexibility index (Phi) is 5.12. The molecule has 8 nitrogen and oxygen atoms in total. The molecule has 0 aliphatic rings. The van der Waals surface area contributed by atoms with Crippen molar-refractivity contribution in [1.82, 2.24) is 19.7 Å². The number of nitrogens with one attached hydrogen (secondary N) is 1. The van der Waals surface area contributed by atoms with Crippen molar-refractivity contribution in [2.24, 2.45) is 0 Å². The van der Waals surface area contributed by atoms with Crippen molar-refractivity contribution in [2.75, 3.05) is 11.6 Å². The van der Waals surface area contributed by atoms with Crippen LogP contribution in [0.25, 0.3) is 21.6 Å². The lowest BCUT2D eigenvalue weighted by Gasteiger charge is -2.08. The number of para-hydroxylation sites is 2. The third kappa shape index (κ3) is 4.49. The van der Waals surface area contributed by atoms with Crippen molar-refractivity contribution in [3.63, 3.8) is 0 Å². The highest BCUT2D eigenvalue weighted by molar-refractivity contribution is 7.89. The largest absolute Gasteiger partial charge is 0.318 e. The predicted molar refractivity (Wildman–Crippen MR) is 112 cm³/mol. The summed E-state index contributed by atoms with van der Waals surface area (Å²) in [7, 11) is -3.30. The fraction of sp³-hybridized carbons (Fsp3) is 0.158. The molecule has 1 N–H and O–H groups in total. The number of carbonyl (C=O) groups excluding carboxylic acids is 1. The van der Waals surface area contributed by atoms with E-state index in [0.717, 1.165) is 11.8 Å². The van der Waals surface area contributed by atoms with Gasteiger partial charge in [-0.05, 0) is 12.1 Å². The van der Waals surface area contributed by atoms with E-state index in [-0.39, 0.29) is 18.2 Å². The third-order valence-corrected chi connectivity index (χ3v) is 5.79. The molecule has 0 radical (unpaired) electrons. The first-order valence-electron chi connectivity index (χ1n) is 8.70.